The molecule has 0 radical (unpaired) electrons. The number of sulfone groups is 1. The largest absolute Gasteiger partial charge is 0.486 e. The predicted molar refractivity (Wildman–Crippen MR) is 126 cm³/mol. The van der Waals surface area contributed by atoms with Gasteiger partial charge in [-0.15, -0.1) is 16.8 Å². The Bertz CT molecular complexity index is 1030. The van der Waals surface area contributed by atoms with Gasteiger partial charge in [0.2, 0.25) is 5.91 Å². The third-order valence-corrected chi connectivity index (χ3v) is 8.14. The third-order valence-electron chi connectivity index (χ3n) is 5.44. The van der Waals surface area contributed by atoms with E-state index in [2.05, 4.69) is 23.7 Å². The molecule has 2 heterocycles. The van der Waals surface area contributed by atoms with Crippen molar-refractivity contribution < 1.29 is 17.9 Å². The van der Waals surface area contributed by atoms with Gasteiger partial charge in [0.05, 0.1) is 17.3 Å². The minimum absolute atomic E-state index is 0.0462. The van der Waals surface area contributed by atoms with Crippen molar-refractivity contribution in [1.82, 2.24) is 19.7 Å². The van der Waals surface area contributed by atoms with Gasteiger partial charge in [-0.1, -0.05) is 36.9 Å². The van der Waals surface area contributed by atoms with Crippen LogP contribution >= 0.6 is 11.8 Å². The van der Waals surface area contributed by atoms with Crippen LogP contribution < -0.4 is 4.74 Å². The number of carbonyl (C=O) groups excluding carboxylic acids is 1. The molecule has 1 aliphatic rings. The topological polar surface area (TPSA) is 94.4 Å². The number of thioether (sulfide) groups is 1. The second-order valence-electron chi connectivity index (χ2n) is 7.61. The fourth-order valence-electron chi connectivity index (χ4n) is 3.68. The molecule has 174 valence electrons. The highest BCUT2D eigenvalue weighted by molar-refractivity contribution is 7.99. The summed E-state index contributed by atoms with van der Waals surface area (Å²) >= 11 is 1.29. The zero-order chi connectivity index (χ0) is 23.1. The van der Waals surface area contributed by atoms with Crippen molar-refractivity contribution >= 4 is 27.5 Å². The van der Waals surface area contributed by atoms with Crippen LogP contribution in [0.3, 0.4) is 0 Å². The minimum atomic E-state index is -3.05. The number of hydrogen-bond donors (Lipinski definition) is 0. The summed E-state index contributed by atoms with van der Waals surface area (Å²) in [7, 11) is -3.05. The lowest BCUT2D eigenvalue weighted by molar-refractivity contribution is -0.129. The van der Waals surface area contributed by atoms with E-state index >= 15 is 0 Å². The molecule has 0 bridgehead atoms. The van der Waals surface area contributed by atoms with E-state index in [1.807, 2.05) is 35.8 Å². The van der Waals surface area contributed by atoms with Gasteiger partial charge in [-0.25, -0.2) is 8.42 Å². The van der Waals surface area contributed by atoms with Crippen molar-refractivity contribution in [3.05, 3.63) is 48.3 Å². The second-order valence-corrected chi connectivity index (χ2v) is 10.8. The standard InChI is InChI=1S/C22H30N4O4S2/c1-4-12-26-20(14-30-19-9-7-17(5-2)8-10-19)23-24-22(26)31-15-21(27)25(6-3)18-11-13-32(28,29)16-18/h4,7-10,18H,1,5-6,11-16H2,2-3H3. The first-order chi connectivity index (χ1) is 15.4. The minimum Gasteiger partial charge on any atom is -0.486 e. The number of allylic oxidation sites excluding steroid dienone is 1. The number of rotatable bonds is 11. The lowest BCUT2D eigenvalue weighted by Gasteiger charge is -2.26. The molecule has 1 aromatic heterocycles. The number of amides is 1. The Labute approximate surface area is 194 Å². The van der Waals surface area contributed by atoms with Gasteiger partial charge in [0.15, 0.2) is 20.8 Å². The summed E-state index contributed by atoms with van der Waals surface area (Å²) in [5.41, 5.74) is 1.24. The molecule has 0 spiro atoms. The molecular formula is C22H30N4O4S2. The van der Waals surface area contributed by atoms with Crippen molar-refractivity contribution in [3.8, 4) is 5.75 Å². The normalized spacial score (nSPS) is 17.2. The maximum atomic E-state index is 12.8. The molecule has 32 heavy (non-hydrogen) atoms. The lowest BCUT2D eigenvalue weighted by atomic mass is 10.2. The molecule has 1 unspecified atom stereocenters. The highest BCUT2D eigenvalue weighted by Gasteiger charge is 2.33. The Kier molecular flexibility index (Phi) is 8.36. The van der Waals surface area contributed by atoms with E-state index in [0.29, 0.717) is 30.5 Å². The van der Waals surface area contributed by atoms with Crippen molar-refractivity contribution in [2.75, 3.05) is 23.8 Å². The molecule has 0 saturated carbocycles. The summed E-state index contributed by atoms with van der Waals surface area (Å²) in [6.07, 6.45) is 3.22. The number of ether oxygens (including phenoxy) is 1. The number of aromatic nitrogens is 3. The average Bonchev–Trinajstić information content (AvgIpc) is 3.34. The Morgan fingerprint density at radius 2 is 2.06 bits per heavy atom. The van der Waals surface area contributed by atoms with E-state index in [-0.39, 0.29) is 35.8 Å². The van der Waals surface area contributed by atoms with E-state index in [0.717, 1.165) is 12.2 Å². The van der Waals surface area contributed by atoms with Crippen LogP contribution in [0.4, 0.5) is 0 Å². The van der Waals surface area contributed by atoms with Crippen LogP contribution in [0.15, 0.2) is 42.1 Å². The quantitative estimate of drug-likeness (QED) is 0.362. The van der Waals surface area contributed by atoms with Crippen LogP contribution in [-0.4, -0.2) is 63.8 Å². The zero-order valence-electron chi connectivity index (χ0n) is 18.6. The van der Waals surface area contributed by atoms with Crippen molar-refractivity contribution in [2.45, 2.75) is 51.0 Å². The Hall–Kier alpha value is -2.33. The van der Waals surface area contributed by atoms with E-state index in [9.17, 15) is 13.2 Å². The number of hydrogen-bond acceptors (Lipinski definition) is 7. The van der Waals surface area contributed by atoms with Gasteiger partial charge in [-0.2, -0.15) is 0 Å². The summed E-state index contributed by atoms with van der Waals surface area (Å²) in [6.45, 7) is 9.00. The van der Waals surface area contributed by atoms with Crippen LogP contribution in [0.25, 0.3) is 0 Å². The van der Waals surface area contributed by atoms with Gasteiger partial charge in [-0.05, 0) is 37.5 Å². The number of aryl methyl sites for hydroxylation is 1. The van der Waals surface area contributed by atoms with E-state index in [1.165, 1.54) is 17.3 Å². The molecule has 8 nitrogen and oxygen atoms in total. The van der Waals surface area contributed by atoms with Gasteiger partial charge in [0.1, 0.15) is 12.4 Å². The summed E-state index contributed by atoms with van der Waals surface area (Å²) in [5.74, 6) is 1.66. The van der Waals surface area contributed by atoms with Crippen LogP contribution in [-0.2, 0) is 34.2 Å². The highest BCUT2D eigenvalue weighted by atomic mass is 32.2. The number of carbonyl (C=O) groups is 1. The molecule has 1 amide bonds. The van der Waals surface area contributed by atoms with Crippen LogP contribution in [0.1, 0.15) is 31.7 Å². The monoisotopic (exact) mass is 478 g/mol. The van der Waals surface area contributed by atoms with Gasteiger partial charge in [-0.3, -0.25) is 9.36 Å². The molecule has 1 fully saturated rings. The van der Waals surface area contributed by atoms with Crippen molar-refractivity contribution in [1.29, 1.82) is 0 Å². The summed E-state index contributed by atoms with van der Waals surface area (Å²) < 4.78 is 31.3. The van der Waals surface area contributed by atoms with Gasteiger partial charge in [0, 0.05) is 19.1 Å². The molecule has 3 rings (SSSR count). The van der Waals surface area contributed by atoms with Gasteiger partial charge in [0.25, 0.3) is 0 Å². The molecule has 10 heteroatoms. The van der Waals surface area contributed by atoms with Crippen molar-refractivity contribution in [3.63, 3.8) is 0 Å². The van der Waals surface area contributed by atoms with Crippen molar-refractivity contribution in [2.24, 2.45) is 0 Å². The van der Waals surface area contributed by atoms with Crippen LogP contribution in [0.5, 0.6) is 5.75 Å². The zero-order valence-corrected chi connectivity index (χ0v) is 20.2. The second kappa shape index (κ2) is 11.0. The molecule has 0 aliphatic carbocycles. The first-order valence-corrected chi connectivity index (χ1v) is 13.5. The smallest absolute Gasteiger partial charge is 0.233 e. The van der Waals surface area contributed by atoms with Crippen LogP contribution in [0, 0.1) is 0 Å². The Morgan fingerprint density at radius 3 is 2.66 bits per heavy atom. The average molecular weight is 479 g/mol. The van der Waals surface area contributed by atoms with E-state index < -0.39 is 9.84 Å². The summed E-state index contributed by atoms with van der Waals surface area (Å²) in [6, 6.07) is 7.69. The van der Waals surface area contributed by atoms with Gasteiger partial charge < -0.3 is 9.64 Å². The first-order valence-electron chi connectivity index (χ1n) is 10.7. The Balaban J connectivity index is 1.62. The Morgan fingerprint density at radius 1 is 1.31 bits per heavy atom. The molecule has 2 aromatic rings. The fourth-order valence-corrected chi connectivity index (χ4v) is 6.27. The maximum absolute atomic E-state index is 12.8. The third kappa shape index (κ3) is 6.13. The number of nitrogens with zero attached hydrogens (tertiary/aromatic N) is 4. The van der Waals surface area contributed by atoms with Gasteiger partial charge >= 0.3 is 0 Å². The molecule has 1 aliphatic heterocycles. The molecule has 0 N–H and O–H groups in total. The number of benzene rings is 1. The lowest BCUT2D eigenvalue weighted by Crippen LogP contribution is -2.42. The summed E-state index contributed by atoms with van der Waals surface area (Å²) in [4.78, 5) is 14.5. The molecule has 1 aromatic carbocycles. The maximum Gasteiger partial charge on any atom is 0.233 e. The van der Waals surface area contributed by atoms with E-state index in [1.54, 1.807) is 11.0 Å². The first kappa shape index (κ1) is 24.3. The van der Waals surface area contributed by atoms with Crippen LogP contribution in [0.2, 0.25) is 0 Å². The predicted octanol–water partition coefficient (Wildman–Crippen LogP) is 2.73. The molecule has 1 atom stereocenters. The SMILES string of the molecule is C=CCn1c(COc2ccc(CC)cc2)nnc1SCC(=O)N(CC)C1CCS(=O)(=O)C1. The molecule has 1 saturated heterocycles. The molecular weight excluding hydrogens is 448 g/mol. The highest BCUT2D eigenvalue weighted by Crippen LogP contribution is 2.22. The summed E-state index contributed by atoms with van der Waals surface area (Å²) in [5, 5.41) is 9.08. The van der Waals surface area contributed by atoms with E-state index in [4.69, 9.17) is 4.74 Å². The fraction of sp³-hybridized carbons (Fsp3) is 0.500.